The molecule has 154 valence electrons. The van der Waals surface area contributed by atoms with E-state index in [-0.39, 0.29) is 34.8 Å². The highest BCUT2D eigenvalue weighted by Crippen LogP contribution is 2.32. The van der Waals surface area contributed by atoms with Gasteiger partial charge in [0.25, 0.3) is 11.5 Å². The monoisotopic (exact) mass is 419 g/mol. The topological polar surface area (TPSA) is 116 Å². The number of hydrogen-bond donors (Lipinski definition) is 0. The summed E-state index contributed by atoms with van der Waals surface area (Å²) in [4.78, 5) is 39.1. The summed E-state index contributed by atoms with van der Waals surface area (Å²) in [5.74, 6) is -1.19. The first kappa shape index (κ1) is 19.6. The number of fused-ring (bicyclic) bond motifs is 1. The van der Waals surface area contributed by atoms with Crippen molar-refractivity contribution in [3.8, 4) is 0 Å². The lowest BCUT2D eigenvalue weighted by molar-refractivity contribution is -0.137. The summed E-state index contributed by atoms with van der Waals surface area (Å²) in [5.41, 5.74) is -0.382. The molecule has 1 saturated heterocycles. The zero-order valence-electron chi connectivity index (χ0n) is 15.9. The first-order valence-corrected chi connectivity index (χ1v) is 11.2. The van der Waals surface area contributed by atoms with E-state index in [0.29, 0.717) is 17.2 Å². The van der Waals surface area contributed by atoms with Crippen molar-refractivity contribution in [3.63, 3.8) is 0 Å². The average molecular weight is 419 g/mol. The molecule has 1 amide bonds. The number of esters is 1. The minimum atomic E-state index is -3.13. The Morgan fingerprint density at radius 1 is 1.17 bits per heavy atom. The Labute approximate surface area is 167 Å². The predicted octanol–water partition coefficient (Wildman–Crippen LogP) is 0.268. The third kappa shape index (κ3) is 3.89. The largest absolute Gasteiger partial charge is 0.451 e. The summed E-state index contributed by atoms with van der Waals surface area (Å²) in [6.07, 6.45) is 2.05. The highest BCUT2D eigenvalue weighted by atomic mass is 32.2. The molecule has 1 aromatic carbocycles. The molecule has 1 saturated carbocycles. The molecule has 0 unspecified atom stereocenters. The van der Waals surface area contributed by atoms with Gasteiger partial charge < -0.3 is 9.64 Å². The summed E-state index contributed by atoms with van der Waals surface area (Å²) < 4.78 is 29.8. The second-order valence-electron chi connectivity index (χ2n) is 7.49. The average Bonchev–Trinajstić information content (AvgIpc) is 3.45. The van der Waals surface area contributed by atoms with E-state index in [4.69, 9.17) is 4.74 Å². The summed E-state index contributed by atoms with van der Waals surface area (Å²) in [7, 11) is -1.69. The van der Waals surface area contributed by atoms with Crippen LogP contribution in [0.5, 0.6) is 0 Å². The van der Waals surface area contributed by atoms with Crippen LogP contribution in [0.2, 0.25) is 0 Å². The molecule has 2 aromatic rings. The molecular weight excluding hydrogens is 398 g/mol. The number of ether oxygens (including phenoxy) is 1. The van der Waals surface area contributed by atoms with Gasteiger partial charge in [0, 0.05) is 24.5 Å². The normalized spacial score (nSPS) is 20.5. The van der Waals surface area contributed by atoms with E-state index in [1.54, 1.807) is 29.2 Å². The van der Waals surface area contributed by atoms with Crippen LogP contribution in [0.15, 0.2) is 29.1 Å². The minimum absolute atomic E-state index is 0.0102. The molecule has 1 atom stereocenters. The van der Waals surface area contributed by atoms with E-state index in [2.05, 4.69) is 5.10 Å². The number of rotatable bonds is 5. The van der Waals surface area contributed by atoms with Crippen LogP contribution in [0.25, 0.3) is 10.8 Å². The third-order valence-electron chi connectivity index (χ3n) is 5.31. The lowest BCUT2D eigenvalue weighted by Gasteiger charge is -2.28. The number of hydrogen-bond acceptors (Lipinski definition) is 7. The Kier molecular flexibility index (Phi) is 4.89. The fraction of sp³-hybridized carbons (Fsp3) is 0.474. The van der Waals surface area contributed by atoms with Crippen molar-refractivity contribution in [2.45, 2.75) is 31.3 Å². The van der Waals surface area contributed by atoms with Crippen LogP contribution in [-0.2, 0) is 26.4 Å². The lowest BCUT2D eigenvalue weighted by atomic mass is 10.1. The van der Waals surface area contributed by atoms with E-state index in [0.717, 1.165) is 17.5 Å². The number of sulfone groups is 1. The van der Waals surface area contributed by atoms with Crippen molar-refractivity contribution in [2.24, 2.45) is 7.05 Å². The van der Waals surface area contributed by atoms with Crippen molar-refractivity contribution in [1.29, 1.82) is 0 Å². The maximum Gasteiger partial charge on any atom is 0.359 e. The number of aromatic nitrogens is 2. The zero-order valence-corrected chi connectivity index (χ0v) is 16.7. The lowest BCUT2D eigenvalue weighted by Crippen LogP contribution is -2.44. The fourth-order valence-electron chi connectivity index (χ4n) is 3.77. The van der Waals surface area contributed by atoms with Gasteiger partial charge in [0.05, 0.1) is 16.9 Å². The van der Waals surface area contributed by atoms with Crippen LogP contribution in [0.1, 0.15) is 29.8 Å². The summed E-state index contributed by atoms with van der Waals surface area (Å²) in [5, 5.41) is 4.68. The van der Waals surface area contributed by atoms with Crippen LogP contribution in [0.4, 0.5) is 0 Å². The smallest absolute Gasteiger partial charge is 0.359 e. The standard InChI is InChI=1S/C19H21N3O6S/c1-21-18(24)15-5-3-2-4-14(15)17(20-21)19(25)28-10-16(23)22(12-6-7-12)13-8-9-29(26,27)11-13/h2-5,12-13H,6-11H2,1H3/t13-/m0/s1. The van der Waals surface area contributed by atoms with E-state index in [1.165, 1.54) is 7.05 Å². The van der Waals surface area contributed by atoms with Gasteiger partial charge in [-0.1, -0.05) is 18.2 Å². The van der Waals surface area contributed by atoms with Gasteiger partial charge >= 0.3 is 5.97 Å². The van der Waals surface area contributed by atoms with Crippen LogP contribution >= 0.6 is 0 Å². The molecule has 9 nitrogen and oxygen atoms in total. The van der Waals surface area contributed by atoms with Gasteiger partial charge in [-0.3, -0.25) is 9.59 Å². The molecule has 0 bridgehead atoms. The molecular formula is C19H21N3O6S. The van der Waals surface area contributed by atoms with E-state index in [1.807, 2.05) is 0 Å². The van der Waals surface area contributed by atoms with Crippen molar-refractivity contribution < 1.29 is 22.7 Å². The van der Waals surface area contributed by atoms with E-state index < -0.39 is 28.3 Å². The molecule has 0 spiro atoms. The van der Waals surface area contributed by atoms with Gasteiger partial charge in [0.1, 0.15) is 0 Å². The van der Waals surface area contributed by atoms with Gasteiger partial charge in [-0.2, -0.15) is 5.10 Å². The molecule has 10 heteroatoms. The molecule has 2 fully saturated rings. The van der Waals surface area contributed by atoms with Gasteiger partial charge in [0.15, 0.2) is 22.1 Å². The maximum atomic E-state index is 12.7. The number of aryl methyl sites for hydroxylation is 1. The number of nitrogens with zero attached hydrogens (tertiary/aromatic N) is 3. The Morgan fingerprint density at radius 3 is 2.48 bits per heavy atom. The van der Waals surface area contributed by atoms with Crippen molar-refractivity contribution >= 4 is 32.5 Å². The van der Waals surface area contributed by atoms with Gasteiger partial charge in [0.2, 0.25) is 0 Å². The Hall–Kier alpha value is -2.75. The highest BCUT2D eigenvalue weighted by Gasteiger charge is 2.42. The maximum absolute atomic E-state index is 12.7. The molecule has 2 heterocycles. The number of amides is 1. The van der Waals surface area contributed by atoms with Crippen molar-refractivity contribution in [1.82, 2.24) is 14.7 Å². The minimum Gasteiger partial charge on any atom is -0.451 e. The summed E-state index contributed by atoms with van der Waals surface area (Å²) in [6.45, 7) is -0.495. The Morgan fingerprint density at radius 2 is 1.86 bits per heavy atom. The summed E-state index contributed by atoms with van der Waals surface area (Å²) >= 11 is 0. The first-order valence-electron chi connectivity index (χ1n) is 9.41. The molecule has 29 heavy (non-hydrogen) atoms. The second kappa shape index (κ2) is 7.25. The van der Waals surface area contributed by atoms with E-state index >= 15 is 0 Å². The molecule has 1 aromatic heterocycles. The Bertz CT molecular complexity index is 1150. The number of carbonyl (C=O) groups is 2. The van der Waals surface area contributed by atoms with Gasteiger partial charge in [-0.25, -0.2) is 17.9 Å². The first-order chi connectivity index (χ1) is 13.8. The quantitative estimate of drug-likeness (QED) is 0.639. The molecule has 1 aliphatic carbocycles. The SMILES string of the molecule is Cn1nc(C(=O)OCC(=O)N(C2CC2)[C@H]2CCS(=O)(=O)C2)c2ccccc2c1=O. The molecule has 2 aliphatic rings. The highest BCUT2D eigenvalue weighted by molar-refractivity contribution is 7.91. The second-order valence-corrected chi connectivity index (χ2v) is 9.72. The Balaban J connectivity index is 1.51. The van der Waals surface area contributed by atoms with Crippen LogP contribution in [-0.4, -0.2) is 65.2 Å². The molecule has 0 radical (unpaired) electrons. The molecule has 0 N–H and O–H groups in total. The van der Waals surface area contributed by atoms with Crippen molar-refractivity contribution in [2.75, 3.05) is 18.1 Å². The van der Waals surface area contributed by atoms with Gasteiger partial charge in [-0.05, 0) is 25.3 Å². The molecule has 4 rings (SSSR count). The summed E-state index contributed by atoms with van der Waals surface area (Å²) in [6, 6.07) is 6.21. The predicted molar refractivity (Wildman–Crippen MR) is 104 cm³/mol. The zero-order chi connectivity index (χ0) is 20.8. The van der Waals surface area contributed by atoms with Crippen LogP contribution in [0.3, 0.4) is 0 Å². The van der Waals surface area contributed by atoms with Crippen molar-refractivity contribution in [3.05, 3.63) is 40.3 Å². The fourth-order valence-corrected chi connectivity index (χ4v) is 5.48. The van der Waals surface area contributed by atoms with Gasteiger partial charge in [-0.15, -0.1) is 0 Å². The number of benzene rings is 1. The van der Waals surface area contributed by atoms with E-state index in [9.17, 15) is 22.8 Å². The number of carbonyl (C=O) groups excluding carboxylic acids is 2. The van der Waals surface area contributed by atoms with Crippen LogP contribution < -0.4 is 5.56 Å². The molecule has 1 aliphatic heterocycles. The third-order valence-corrected chi connectivity index (χ3v) is 7.06. The van der Waals surface area contributed by atoms with Crippen LogP contribution in [0, 0.1) is 0 Å².